The van der Waals surface area contributed by atoms with Gasteiger partial charge in [0.2, 0.25) is 0 Å². The molecule has 28 heavy (non-hydrogen) atoms. The Balaban J connectivity index is 1.75. The van der Waals surface area contributed by atoms with Crippen LogP contribution in [0.1, 0.15) is 15.9 Å². The number of carbonyl (C=O) groups is 1. The fourth-order valence-electron chi connectivity index (χ4n) is 2.50. The van der Waals surface area contributed by atoms with E-state index in [1.165, 1.54) is 24.3 Å². The van der Waals surface area contributed by atoms with Gasteiger partial charge in [-0.25, -0.2) is 8.42 Å². The van der Waals surface area contributed by atoms with Gasteiger partial charge in [-0.1, -0.05) is 59.6 Å². The summed E-state index contributed by atoms with van der Waals surface area (Å²) in [4.78, 5) is 12.2. The predicted molar refractivity (Wildman–Crippen MR) is 111 cm³/mol. The van der Waals surface area contributed by atoms with E-state index >= 15 is 0 Å². The summed E-state index contributed by atoms with van der Waals surface area (Å²) in [6, 6.07) is 19.8. The topological polar surface area (TPSA) is 75.3 Å². The number of benzene rings is 3. The zero-order chi connectivity index (χ0) is 20.1. The van der Waals surface area contributed by atoms with Crippen molar-refractivity contribution in [3.8, 4) is 0 Å². The first-order valence-electron chi connectivity index (χ1n) is 8.25. The molecule has 0 fully saturated rings. The van der Waals surface area contributed by atoms with Crippen LogP contribution in [0.15, 0.2) is 77.7 Å². The van der Waals surface area contributed by atoms with Crippen LogP contribution in [0, 0.1) is 0 Å². The molecule has 0 heterocycles. The van der Waals surface area contributed by atoms with Crippen molar-refractivity contribution in [3.05, 3.63) is 94.0 Å². The largest absolute Gasteiger partial charge is 0.348 e. The van der Waals surface area contributed by atoms with E-state index in [4.69, 9.17) is 23.2 Å². The lowest BCUT2D eigenvalue weighted by Gasteiger charge is -2.11. The summed E-state index contributed by atoms with van der Waals surface area (Å²) in [6.45, 7) is 0.369. The summed E-state index contributed by atoms with van der Waals surface area (Å²) >= 11 is 11.9. The Morgan fingerprint density at radius 1 is 0.893 bits per heavy atom. The minimum absolute atomic E-state index is 0.0497. The summed E-state index contributed by atoms with van der Waals surface area (Å²) in [5, 5.41) is 3.10. The number of hydrogen-bond acceptors (Lipinski definition) is 3. The second kappa shape index (κ2) is 8.65. The molecule has 2 N–H and O–H groups in total. The van der Waals surface area contributed by atoms with E-state index in [0.717, 1.165) is 5.56 Å². The Bertz CT molecular complexity index is 1100. The average Bonchev–Trinajstić information content (AvgIpc) is 2.68. The minimum Gasteiger partial charge on any atom is -0.348 e. The maximum atomic E-state index is 12.6. The number of carbonyl (C=O) groups excluding carboxylic acids is 1. The van der Waals surface area contributed by atoms with Gasteiger partial charge in [0.15, 0.2) is 0 Å². The Kier molecular flexibility index (Phi) is 6.24. The van der Waals surface area contributed by atoms with Crippen molar-refractivity contribution < 1.29 is 13.2 Å². The van der Waals surface area contributed by atoms with Crippen molar-refractivity contribution >= 4 is 44.8 Å². The summed E-state index contributed by atoms with van der Waals surface area (Å²) in [7, 11) is -3.96. The van der Waals surface area contributed by atoms with Crippen molar-refractivity contribution in [1.82, 2.24) is 5.32 Å². The van der Waals surface area contributed by atoms with Gasteiger partial charge in [0, 0.05) is 22.8 Å². The number of nitrogens with one attached hydrogen (secondary N) is 2. The van der Waals surface area contributed by atoms with Crippen molar-refractivity contribution in [1.29, 1.82) is 0 Å². The Hall–Kier alpha value is -2.54. The normalized spacial score (nSPS) is 11.1. The first-order chi connectivity index (χ1) is 13.3. The lowest BCUT2D eigenvalue weighted by Crippen LogP contribution is -2.23. The van der Waals surface area contributed by atoms with Crippen LogP contribution < -0.4 is 10.0 Å². The second-order valence-electron chi connectivity index (χ2n) is 5.93. The van der Waals surface area contributed by atoms with Gasteiger partial charge in [0.05, 0.1) is 5.02 Å². The van der Waals surface area contributed by atoms with Crippen LogP contribution >= 0.6 is 23.2 Å². The quantitative estimate of drug-likeness (QED) is 0.588. The second-order valence-corrected chi connectivity index (χ2v) is 8.42. The van der Waals surface area contributed by atoms with Gasteiger partial charge >= 0.3 is 0 Å². The predicted octanol–water partition coefficient (Wildman–Crippen LogP) is 4.72. The van der Waals surface area contributed by atoms with Gasteiger partial charge in [-0.3, -0.25) is 9.52 Å². The molecule has 0 spiro atoms. The van der Waals surface area contributed by atoms with Crippen molar-refractivity contribution in [2.45, 2.75) is 11.4 Å². The third-order valence-electron chi connectivity index (χ3n) is 3.86. The monoisotopic (exact) mass is 434 g/mol. The highest BCUT2D eigenvalue weighted by Crippen LogP contribution is 2.27. The average molecular weight is 435 g/mol. The summed E-state index contributed by atoms with van der Waals surface area (Å²) < 4.78 is 27.6. The Morgan fingerprint density at radius 2 is 1.64 bits per heavy atom. The molecule has 0 saturated carbocycles. The molecule has 0 atom stereocenters. The number of sulfonamides is 1. The summed E-state index contributed by atoms with van der Waals surface area (Å²) in [5.74, 6) is -0.314. The minimum atomic E-state index is -3.96. The fourth-order valence-corrected chi connectivity index (χ4v) is 4.31. The highest BCUT2D eigenvalue weighted by atomic mass is 35.5. The molecule has 0 aliphatic carbocycles. The van der Waals surface area contributed by atoms with E-state index in [1.54, 1.807) is 18.2 Å². The first-order valence-corrected chi connectivity index (χ1v) is 10.5. The first kappa shape index (κ1) is 20.2. The summed E-state index contributed by atoms with van der Waals surface area (Å²) in [5.41, 5.74) is 1.53. The maximum Gasteiger partial charge on any atom is 0.263 e. The van der Waals surface area contributed by atoms with Crippen molar-refractivity contribution in [2.75, 3.05) is 4.72 Å². The van der Waals surface area contributed by atoms with E-state index < -0.39 is 10.0 Å². The zero-order valence-electron chi connectivity index (χ0n) is 14.5. The highest BCUT2D eigenvalue weighted by Gasteiger charge is 2.19. The number of halogens is 2. The summed E-state index contributed by atoms with van der Waals surface area (Å²) in [6.07, 6.45) is 0. The van der Waals surface area contributed by atoms with Crippen LogP contribution in [0.4, 0.5) is 5.69 Å². The van der Waals surface area contributed by atoms with E-state index in [9.17, 15) is 13.2 Å². The van der Waals surface area contributed by atoms with Gasteiger partial charge in [-0.15, -0.1) is 0 Å². The van der Waals surface area contributed by atoms with Crippen LogP contribution in [0.2, 0.25) is 10.0 Å². The lowest BCUT2D eigenvalue weighted by molar-refractivity contribution is 0.0951. The Morgan fingerprint density at radius 3 is 2.39 bits per heavy atom. The molecule has 0 unspecified atom stereocenters. The lowest BCUT2D eigenvalue weighted by atomic mass is 10.2. The standard InChI is InChI=1S/C20H16Cl2N2O3S/c21-16-9-10-18(22)19(12-16)28(26,27)24-17-8-4-7-15(11-17)20(25)23-13-14-5-2-1-3-6-14/h1-12,24H,13H2,(H,23,25). The molecular formula is C20H16Cl2N2O3S. The number of anilines is 1. The highest BCUT2D eigenvalue weighted by molar-refractivity contribution is 7.92. The van der Waals surface area contributed by atoms with E-state index in [2.05, 4.69) is 10.0 Å². The molecule has 144 valence electrons. The number of hydrogen-bond donors (Lipinski definition) is 2. The molecule has 3 aromatic carbocycles. The molecule has 8 heteroatoms. The number of amides is 1. The van der Waals surface area contributed by atoms with Gasteiger partial charge in [0.1, 0.15) is 4.90 Å². The van der Waals surface area contributed by atoms with Crippen LogP contribution in [0.5, 0.6) is 0 Å². The molecule has 0 aromatic heterocycles. The van der Waals surface area contributed by atoms with Crippen molar-refractivity contribution in [3.63, 3.8) is 0 Å². The van der Waals surface area contributed by atoms with Gasteiger partial charge < -0.3 is 5.32 Å². The number of rotatable bonds is 6. The van der Waals surface area contributed by atoms with Crippen molar-refractivity contribution in [2.24, 2.45) is 0 Å². The molecule has 0 bridgehead atoms. The van der Waals surface area contributed by atoms with Gasteiger partial charge in [0.25, 0.3) is 15.9 Å². The smallest absolute Gasteiger partial charge is 0.263 e. The molecule has 0 radical (unpaired) electrons. The van der Waals surface area contributed by atoms with Crippen LogP contribution in [-0.4, -0.2) is 14.3 Å². The molecule has 3 rings (SSSR count). The third-order valence-corrected chi connectivity index (χ3v) is 5.95. The molecule has 5 nitrogen and oxygen atoms in total. The molecule has 0 saturated heterocycles. The fraction of sp³-hybridized carbons (Fsp3) is 0.0500. The van der Waals surface area contributed by atoms with Crippen LogP contribution in [0.25, 0.3) is 0 Å². The van der Waals surface area contributed by atoms with Gasteiger partial charge in [-0.2, -0.15) is 0 Å². The van der Waals surface area contributed by atoms with Crippen LogP contribution in [-0.2, 0) is 16.6 Å². The van der Waals surface area contributed by atoms with Gasteiger partial charge in [-0.05, 0) is 42.0 Å². The zero-order valence-corrected chi connectivity index (χ0v) is 16.9. The molecule has 0 aliphatic heterocycles. The van der Waals surface area contributed by atoms with E-state index in [-0.39, 0.29) is 26.5 Å². The van der Waals surface area contributed by atoms with E-state index in [1.807, 2.05) is 30.3 Å². The van der Waals surface area contributed by atoms with Crippen LogP contribution in [0.3, 0.4) is 0 Å². The molecule has 1 amide bonds. The maximum absolute atomic E-state index is 12.6. The SMILES string of the molecule is O=C(NCc1ccccc1)c1cccc(NS(=O)(=O)c2cc(Cl)ccc2Cl)c1. The molecular weight excluding hydrogens is 419 g/mol. The molecule has 0 aliphatic rings. The molecule has 3 aromatic rings. The Labute approximate surface area is 173 Å². The third kappa shape index (κ3) is 5.04. The van der Waals surface area contributed by atoms with E-state index in [0.29, 0.717) is 12.1 Å².